The van der Waals surface area contributed by atoms with Crippen molar-refractivity contribution in [1.29, 1.82) is 0 Å². The molecule has 0 bridgehead atoms. The van der Waals surface area contributed by atoms with E-state index in [9.17, 15) is 0 Å². The fourth-order valence-electron chi connectivity index (χ4n) is 17.8. The molecule has 1 atom stereocenters. The molecule has 0 saturated carbocycles. The van der Waals surface area contributed by atoms with Crippen molar-refractivity contribution in [3.05, 3.63) is 346 Å². The molecule has 1 unspecified atom stereocenters. The number of para-hydroxylation sites is 3. The van der Waals surface area contributed by atoms with Crippen molar-refractivity contribution >= 4 is 141 Å². The minimum absolute atomic E-state index is 0.556. The second kappa shape index (κ2) is 23.8. The molecule has 480 valence electrons. The van der Waals surface area contributed by atoms with Crippen LogP contribution < -0.4 is 31.1 Å². The summed E-state index contributed by atoms with van der Waals surface area (Å²) < 4.78 is 6.95. The Morgan fingerprint density at radius 3 is 1.10 bits per heavy atom. The Morgan fingerprint density at radius 1 is 0.238 bits per heavy atom. The van der Waals surface area contributed by atoms with E-state index in [-0.39, 0.29) is 0 Å². The van der Waals surface area contributed by atoms with Crippen LogP contribution in [0.15, 0.2) is 346 Å². The molecule has 4 aromatic heterocycles. The van der Waals surface area contributed by atoms with Crippen LogP contribution in [0.5, 0.6) is 0 Å². The zero-order valence-corrected chi connectivity index (χ0v) is 60.1. The van der Waals surface area contributed by atoms with Crippen LogP contribution in [0.3, 0.4) is 0 Å². The molecule has 0 N–H and O–H groups in total. The van der Waals surface area contributed by atoms with Crippen LogP contribution in [0, 0.1) is 0 Å². The number of hydrogen-bond donors (Lipinski definition) is 0. The van der Waals surface area contributed by atoms with Crippen LogP contribution >= 0.6 is 7.53 Å². The van der Waals surface area contributed by atoms with Gasteiger partial charge in [-0.2, -0.15) is 0 Å². The van der Waals surface area contributed by atoms with Crippen LogP contribution in [0.2, 0.25) is 13.1 Å². The number of nitrogens with zero attached hydrogens (tertiary/aromatic N) is 3. The van der Waals surface area contributed by atoms with Crippen LogP contribution in [0.1, 0.15) is 0 Å². The van der Waals surface area contributed by atoms with Gasteiger partial charge in [-0.3, -0.25) is 0 Å². The average molecular weight is 1340 g/mol. The molecule has 0 saturated heterocycles. The van der Waals surface area contributed by atoms with E-state index >= 15 is 0 Å². The van der Waals surface area contributed by atoms with Crippen LogP contribution in [0.4, 0.5) is 0 Å². The molecular weight excluding hydrogens is 1270 g/mol. The Balaban J connectivity index is 0.000000106. The Hall–Kier alpha value is -11.6. The SMILES string of the molecule is Cn1c2ccccc2c2c(-c3ccc4c(c3)[Si](C)(C)c3ccccc3-4)cccc21.Cn1c2ccccc2c2c(-c3ccc4c(c3)[Si](c3ccccc3)(c3ccccc3)c3ccccc3-4)cccc21.Cn1c2ccccc2c2c(-c3ccc4c5ccccc5p(-c5ccccc5)c4c3)cccc21. The van der Waals surface area contributed by atoms with Crippen molar-refractivity contribution < 1.29 is 0 Å². The second-order valence-electron chi connectivity index (χ2n) is 28.0. The topological polar surface area (TPSA) is 14.8 Å². The molecule has 101 heavy (non-hydrogen) atoms. The summed E-state index contributed by atoms with van der Waals surface area (Å²) >= 11 is 0. The summed E-state index contributed by atoms with van der Waals surface area (Å²) in [7, 11) is 1.78. The van der Waals surface area contributed by atoms with Crippen LogP contribution in [-0.2, 0) is 21.1 Å². The number of rotatable bonds is 6. The van der Waals surface area contributed by atoms with E-state index in [1.807, 2.05) is 0 Å². The molecule has 0 fully saturated rings. The van der Waals surface area contributed by atoms with Gasteiger partial charge < -0.3 is 13.7 Å². The van der Waals surface area contributed by atoms with Gasteiger partial charge in [-0.1, -0.05) is 324 Å². The van der Waals surface area contributed by atoms with Gasteiger partial charge in [0.05, 0.1) is 0 Å². The summed E-state index contributed by atoms with van der Waals surface area (Å²) in [6.07, 6.45) is 0. The minimum atomic E-state index is -2.51. The van der Waals surface area contributed by atoms with E-state index < -0.39 is 23.7 Å². The second-order valence-corrected chi connectivity index (χ2v) is 38.2. The predicted molar refractivity (Wildman–Crippen MR) is 441 cm³/mol. The van der Waals surface area contributed by atoms with Gasteiger partial charge in [0.2, 0.25) is 0 Å². The zero-order valence-electron chi connectivity index (χ0n) is 57.2. The summed E-state index contributed by atoms with van der Waals surface area (Å²) in [4.78, 5) is 0. The fourth-order valence-corrected chi connectivity index (χ4v) is 28.8. The maximum atomic E-state index is 2.53. The molecular formula is C95H72N3PSi2. The lowest BCUT2D eigenvalue weighted by atomic mass is 9.97. The molecule has 15 aromatic carbocycles. The molecule has 2 aliphatic heterocycles. The summed E-state index contributed by atoms with van der Waals surface area (Å²) in [6.45, 7) is 4.97. The Morgan fingerprint density at radius 2 is 0.584 bits per heavy atom. The predicted octanol–water partition coefficient (Wildman–Crippen LogP) is 21.4. The van der Waals surface area contributed by atoms with E-state index in [0.717, 1.165) is 0 Å². The average Bonchev–Trinajstić information content (AvgIpc) is 1.55. The molecule has 6 heteroatoms. The van der Waals surface area contributed by atoms with E-state index in [1.54, 1.807) is 10.4 Å². The van der Waals surface area contributed by atoms with Crippen molar-refractivity contribution in [2.45, 2.75) is 13.1 Å². The Kier molecular flexibility index (Phi) is 14.3. The highest BCUT2D eigenvalue weighted by Gasteiger charge is 2.49. The summed E-state index contributed by atoms with van der Waals surface area (Å²) in [6, 6.07) is 129. The molecule has 19 aromatic rings. The molecule has 0 radical (unpaired) electrons. The van der Waals surface area contributed by atoms with Gasteiger partial charge in [-0.05, 0) is 145 Å². The van der Waals surface area contributed by atoms with Crippen molar-refractivity contribution in [2.75, 3.05) is 0 Å². The lowest BCUT2D eigenvalue weighted by Crippen LogP contribution is -2.72. The number of benzene rings is 15. The third kappa shape index (κ3) is 9.24. The molecule has 0 aliphatic carbocycles. The van der Waals surface area contributed by atoms with E-state index in [4.69, 9.17) is 0 Å². The summed E-state index contributed by atoms with van der Waals surface area (Å²) in [5, 5.41) is 24.1. The van der Waals surface area contributed by atoms with Gasteiger partial charge in [0, 0.05) is 96.8 Å². The number of hydrogen-bond acceptors (Lipinski definition) is 0. The lowest BCUT2D eigenvalue weighted by molar-refractivity contribution is 1.01. The van der Waals surface area contributed by atoms with Crippen LogP contribution in [0.25, 0.3) is 147 Å². The first-order valence-corrected chi connectivity index (χ1v) is 41.6. The van der Waals surface area contributed by atoms with Gasteiger partial charge in [0.1, 0.15) is 8.07 Å². The molecule has 0 spiro atoms. The number of fused-ring (bicyclic) bond motifs is 18. The van der Waals surface area contributed by atoms with Gasteiger partial charge in [-0.25, -0.2) is 0 Å². The highest BCUT2D eigenvalue weighted by atomic mass is 31.1. The van der Waals surface area contributed by atoms with Gasteiger partial charge in [-0.15, -0.1) is 0 Å². The highest BCUT2D eigenvalue weighted by Crippen LogP contribution is 2.56. The summed E-state index contributed by atoms with van der Waals surface area (Å²) in [5.41, 5.74) is 21.2. The number of aromatic nitrogens is 3. The largest absolute Gasteiger partial charge is 0.344 e. The maximum Gasteiger partial charge on any atom is 0.180 e. The fraction of sp³-hybridized carbons (Fsp3) is 0.0526. The third-order valence-corrected chi connectivity index (χ3v) is 33.4. The Bertz CT molecular complexity index is 6490. The molecule has 6 heterocycles. The molecule has 21 rings (SSSR count). The highest BCUT2D eigenvalue weighted by molar-refractivity contribution is 7.68. The van der Waals surface area contributed by atoms with Gasteiger partial charge in [0.25, 0.3) is 0 Å². The Labute approximate surface area is 591 Å². The molecule has 0 amide bonds. The van der Waals surface area contributed by atoms with Crippen molar-refractivity contribution in [2.24, 2.45) is 21.1 Å². The zero-order chi connectivity index (χ0) is 67.7. The smallest absolute Gasteiger partial charge is 0.180 e. The van der Waals surface area contributed by atoms with Gasteiger partial charge >= 0.3 is 0 Å². The van der Waals surface area contributed by atoms with E-state index in [1.165, 1.54) is 168 Å². The summed E-state index contributed by atoms with van der Waals surface area (Å²) in [5.74, 6) is 0. The van der Waals surface area contributed by atoms with E-state index in [2.05, 4.69) is 394 Å². The maximum absolute atomic E-state index is 2.53. The van der Waals surface area contributed by atoms with Gasteiger partial charge in [0.15, 0.2) is 8.07 Å². The molecule has 3 nitrogen and oxygen atoms in total. The first-order valence-electron chi connectivity index (χ1n) is 35.2. The normalized spacial score (nSPS) is 13.3. The quantitative estimate of drug-likeness (QED) is 0.147. The minimum Gasteiger partial charge on any atom is -0.344 e. The monoisotopic (exact) mass is 1340 g/mol. The van der Waals surface area contributed by atoms with Crippen molar-refractivity contribution in [3.8, 4) is 60.9 Å². The standard InChI is InChI=1S/C37H27NSi.C31H22NP.C27H23NSi/c1-38-33-20-10-8-18-32(33)37-29(19-12-21-34(37)38)26-23-24-31-30-17-9-11-22-35(30)39(36(31)25-26,27-13-4-2-5-14-27)28-15-6-3-7-16-28;1-32-27-15-7-5-13-26(27)31-23(14-9-16-28(31)32)21-18-19-25-24-12-6-8-17-29(24)33(30(25)20-21)22-10-3-2-4-11-22;1-28-23-12-6-4-10-22(23)27-19(11-8-13-24(27)28)18-15-16-21-20-9-5-7-14-25(20)29(2,3)26(21)17-18/h2-25H,1H3;2-20H,1H3;4-17H,1-3H3. The third-order valence-electron chi connectivity index (χ3n) is 22.5. The van der Waals surface area contributed by atoms with Crippen molar-refractivity contribution in [1.82, 2.24) is 13.7 Å². The van der Waals surface area contributed by atoms with Crippen LogP contribution in [-0.4, -0.2) is 29.8 Å². The first-order chi connectivity index (χ1) is 49.7. The molecule has 2 aliphatic rings. The lowest BCUT2D eigenvalue weighted by Gasteiger charge is -2.31. The van der Waals surface area contributed by atoms with E-state index in [0.29, 0.717) is 0 Å². The number of aryl methyl sites for hydroxylation is 3. The van der Waals surface area contributed by atoms with Crippen molar-refractivity contribution in [3.63, 3.8) is 0 Å². The first kappa shape index (κ1) is 60.6.